The van der Waals surface area contributed by atoms with Crippen molar-refractivity contribution in [2.45, 2.75) is 107 Å². The first kappa shape index (κ1) is 46.4. The van der Waals surface area contributed by atoms with E-state index in [1.165, 1.54) is 0 Å². The van der Waals surface area contributed by atoms with Gasteiger partial charge in [0, 0.05) is 36.0 Å². The number of esters is 1. The maximum Gasteiger partial charge on any atom is 0.308 e. The number of para-hydroxylation sites is 1. The second kappa shape index (κ2) is 20.7. The van der Waals surface area contributed by atoms with Crippen molar-refractivity contribution in [3.63, 3.8) is 0 Å². The molecule has 2 bridgehead atoms. The van der Waals surface area contributed by atoms with Gasteiger partial charge in [0.05, 0.1) is 37.8 Å². The Morgan fingerprint density at radius 3 is 2.11 bits per heavy atom. The molecule has 5 rings (SSSR count). The van der Waals surface area contributed by atoms with Crippen molar-refractivity contribution in [1.82, 2.24) is 47.1 Å². The summed E-state index contributed by atoms with van der Waals surface area (Å²) in [4.78, 5) is 128. The highest BCUT2D eigenvalue weighted by atomic mass is 32.2. The van der Waals surface area contributed by atoms with Gasteiger partial charge in [0.2, 0.25) is 47.3 Å². The number of nitrogens with one attached hydrogen (secondary N) is 8. The smallest absolute Gasteiger partial charge is 0.308 e. The Kier molecular flexibility index (Phi) is 15.7. The van der Waals surface area contributed by atoms with Gasteiger partial charge in [0.15, 0.2) is 0 Å². The highest BCUT2D eigenvalue weighted by Crippen LogP contribution is 2.32. The molecule has 4 heterocycles. The standard InChI is InChI=1S/C40H55N9O11S/c1-6-19(3)32-37(57)42-15-29(51)43-27-18-61-39-23(22-10-8-9-11-24(22)46-39)13-25(34(54)41-16-30(52)47-32)44-38(58)33(20(4)7-2)48-36(56)28-12-21(50)17-49(28)40(59)26(45-35(27)55)14-31(53)60-5/h8-11,19-21,25-28,32-33,46,50H,6-7,12-18H2,1-5H3,(H,41,54)(H,42,57)(H,43,51)(H,44,58)(H,45,55)(H,47,52)(H,48,56)/t19-,20-,21?,25-,26-,27-,28-,32-,33-/m0/s1. The molecule has 0 radical (unpaired) electrons. The Balaban J connectivity index is 1.67. The monoisotopic (exact) mass is 869 g/mol. The van der Waals surface area contributed by atoms with E-state index in [1.54, 1.807) is 52.0 Å². The van der Waals surface area contributed by atoms with Crippen molar-refractivity contribution < 1.29 is 53.0 Å². The summed E-state index contributed by atoms with van der Waals surface area (Å²) in [5.41, 5.74) is 1.18. The quantitative estimate of drug-likeness (QED) is 0.144. The number of fused-ring (bicyclic) bond motifs is 5. The molecule has 20 nitrogen and oxygen atoms in total. The van der Waals surface area contributed by atoms with E-state index in [1.807, 2.05) is 0 Å². The van der Waals surface area contributed by atoms with Crippen LogP contribution in [0, 0.1) is 11.8 Å². The van der Waals surface area contributed by atoms with Crippen molar-refractivity contribution in [2.24, 2.45) is 11.8 Å². The Morgan fingerprint density at radius 1 is 0.803 bits per heavy atom. The third kappa shape index (κ3) is 11.4. The van der Waals surface area contributed by atoms with E-state index in [-0.39, 0.29) is 25.1 Å². The van der Waals surface area contributed by atoms with Gasteiger partial charge < -0.3 is 56.9 Å². The summed E-state index contributed by atoms with van der Waals surface area (Å²) in [5.74, 6) is -8.35. The number of benzene rings is 1. The number of aliphatic hydroxyl groups is 1. The fraction of sp³-hybridized carbons (Fsp3) is 0.575. The van der Waals surface area contributed by atoms with E-state index < -0.39 is 127 Å². The normalized spacial score (nSPS) is 27.5. The number of nitrogens with zero attached hydrogens (tertiary/aromatic N) is 1. The number of rotatable bonds is 6. The van der Waals surface area contributed by atoms with Crippen LogP contribution in [0.4, 0.5) is 0 Å². The summed E-state index contributed by atoms with van der Waals surface area (Å²) in [6.07, 6.45) is -1.40. The summed E-state index contributed by atoms with van der Waals surface area (Å²) in [7, 11) is 1.09. The van der Waals surface area contributed by atoms with Gasteiger partial charge in [-0.2, -0.15) is 0 Å². The molecule has 21 heteroatoms. The molecule has 9 N–H and O–H groups in total. The lowest BCUT2D eigenvalue weighted by Gasteiger charge is -2.32. The number of hydrogen-bond donors (Lipinski definition) is 9. The Bertz CT molecular complexity index is 2030. The zero-order valence-corrected chi connectivity index (χ0v) is 35.6. The van der Waals surface area contributed by atoms with Crippen LogP contribution in [-0.4, -0.2) is 143 Å². The number of carbonyl (C=O) groups excluding carboxylic acids is 9. The van der Waals surface area contributed by atoms with Crippen LogP contribution in [0.2, 0.25) is 0 Å². The van der Waals surface area contributed by atoms with Crippen molar-refractivity contribution in [3.8, 4) is 0 Å². The van der Waals surface area contributed by atoms with Crippen LogP contribution >= 0.6 is 11.8 Å². The minimum absolute atomic E-state index is 0.147. The van der Waals surface area contributed by atoms with Gasteiger partial charge in [-0.15, -0.1) is 11.8 Å². The maximum absolute atomic E-state index is 14.4. The average Bonchev–Trinajstić information content (AvgIpc) is 3.81. The summed E-state index contributed by atoms with van der Waals surface area (Å²) >= 11 is 1.09. The van der Waals surface area contributed by atoms with E-state index in [0.717, 1.165) is 23.8 Å². The van der Waals surface area contributed by atoms with Crippen molar-refractivity contribution >= 4 is 75.9 Å². The van der Waals surface area contributed by atoms with Gasteiger partial charge >= 0.3 is 5.97 Å². The molecule has 3 aliphatic heterocycles. The number of H-pyrrole nitrogens is 1. The van der Waals surface area contributed by atoms with E-state index >= 15 is 0 Å². The number of thioether (sulfide) groups is 1. The van der Waals surface area contributed by atoms with Crippen LogP contribution < -0.4 is 37.2 Å². The van der Waals surface area contributed by atoms with E-state index in [4.69, 9.17) is 4.74 Å². The lowest BCUT2D eigenvalue weighted by Crippen LogP contribution is -2.61. The number of aromatic amines is 1. The number of carbonyl (C=O) groups is 9. The Hall–Kier alpha value is -5.70. The molecule has 1 saturated heterocycles. The van der Waals surface area contributed by atoms with E-state index in [2.05, 4.69) is 42.2 Å². The molecule has 61 heavy (non-hydrogen) atoms. The molecule has 1 aromatic carbocycles. The van der Waals surface area contributed by atoms with Gasteiger partial charge in [-0.1, -0.05) is 58.7 Å². The van der Waals surface area contributed by atoms with E-state index in [9.17, 15) is 48.3 Å². The molecule has 0 aliphatic carbocycles. The van der Waals surface area contributed by atoms with Crippen LogP contribution in [0.15, 0.2) is 29.3 Å². The van der Waals surface area contributed by atoms with Gasteiger partial charge in [-0.05, 0) is 23.5 Å². The topological polar surface area (TPSA) is 286 Å². The highest BCUT2D eigenvalue weighted by Gasteiger charge is 2.44. The summed E-state index contributed by atoms with van der Waals surface area (Å²) in [5, 5.41) is 30.2. The average molecular weight is 870 g/mol. The predicted molar refractivity (Wildman–Crippen MR) is 220 cm³/mol. The van der Waals surface area contributed by atoms with Crippen LogP contribution in [0.25, 0.3) is 10.9 Å². The molecule has 0 spiro atoms. The number of methoxy groups -OCH3 is 1. The fourth-order valence-corrected chi connectivity index (χ4v) is 8.56. The van der Waals surface area contributed by atoms with Crippen LogP contribution in [0.3, 0.4) is 0 Å². The van der Waals surface area contributed by atoms with Crippen LogP contribution in [0.5, 0.6) is 0 Å². The van der Waals surface area contributed by atoms with Crippen molar-refractivity contribution in [3.05, 3.63) is 29.8 Å². The molecular formula is C40H55N9O11S. The first-order chi connectivity index (χ1) is 29.0. The minimum Gasteiger partial charge on any atom is -0.469 e. The Labute approximate surface area is 356 Å². The predicted octanol–water partition coefficient (Wildman–Crippen LogP) is -1.90. The third-order valence-electron chi connectivity index (χ3n) is 11.4. The van der Waals surface area contributed by atoms with Crippen LogP contribution in [0.1, 0.15) is 58.9 Å². The molecule has 8 amide bonds. The second-order valence-electron chi connectivity index (χ2n) is 15.7. The third-order valence-corrected chi connectivity index (χ3v) is 12.5. The molecule has 2 aromatic rings. The second-order valence-corrected chi connectivity index (χ2v) is 16.7. The molecule has 1 aromatic heterocycles. The van der Waals surface area contributed by atoms with Crippen molar-refractivity contribution in [2.75, 3.05) is 32.5 Å². The lowest BCUT2D eigenvalue weighted by atomic mass is 9.96. The van der Waals surface area contributed by atoms with E-state index in [0.29, 0.717) is 34.3 Å². The van der Waals surface area contributed by atoms with Gasteiger partial charge in [0.25, 0.3) is 0 Å². The number of hydrogen-bond acceptors (Lipinski definition) is 12. The van der Waals surface area contributed by atoms with Gasteiger partial charge in [-0.25, -0.2) is 0 Å². The Morgan fingerprint density at radius 2 is 1.44 bits per heavy atom. The van der Waals surface area contributed by atoms with Gasteiger partial charge in [0.1, 0.15) is 36.3 Å². The molecule has 1 unspecified atom stereocenters. The molecular weight excluding hydrogens is 815 g/mol. The molecule has 9 atom stereocenters. The van der Waals surface area contributed by atoms with Crippen LogP contribution in [-0.2, 0) is 54.3 Å². The van der Waals surface area contributed by atoms with Crippen molar-refractivity contribution in [1.29, 1.82) is 0 Å². The fourth-order valence-electron chi connectivity index (χ4n) is 7.45. The number of amides is 8. The first-order valence-electron chi connectivity index (χ1n) is 20.4. The largest absolute Gasteiger partial charge is 0.469 e. The molecule has 3 aliphatic rings. The maximum atomic E-state index is 14.4. The molecule has 1 fully saturated rings. The van der Waals surface area contributed by atoms with Gasteiger partial charge in [-0.3, -0.25) is 43.2 Å². The number of ether oxygens (including phenoxy) is 1. The minimum atomic E-state index is -1.63. The molecule has 0 saturated carbocycles. The summed E-state index contributed by atoms with van der Waals surface area (Å²) < 4.78 is 4.82. The zero-order valence-electron chi connectivity index (χ0n) is 34.8. The number of aliphatic hydroxyl groups excluding tert-OH is 1. The SMILES string of the molecule is CC[C@H](C)[C@@H]1NC(=O)CNC(=O)[C@@H]2Cc3c([nH]c4ccccc34)SC[C@H](NC(=O)CNC1=O)C(=O)N[C@@H](CC(=O)OC)C(=O)N1CC(O)C[C@H]1C(=O)N[C@@H]([C@@H](C)CC)C(=O)N2. The lowest BCUT2D eigenvalue weighted by molar-refractivity contribution is -0.148. The zero-order chi connectivity index (χ0) is 44.5. The first-order valence-corrected chi connectivity index (χ1v) is 21.4. The highest BCUT2D eigenvalue weighted by molar-refractivity contribution is 7.99. The summed E-state index contributed by atoms with van der Waals surface area (Å²) in [6, 6.07) is -0.990. The summed E-state index contributed by atoms with van der Waals surface area (Å²) in [6.45, 7) is 5.49. The molecule has 332 valence electrons. The number of aromatic nitrogens is 1.